The largest absolute Gasteiger partial charge is 0.483 e. The number of hydrogen-bond donors (Lipinski definition) is 1. The van der Waals surface area contributed by atoms with E-state index < -0.39 is 0 Å². The Kier molecular flexibility index (Phi) is 3.68. The molecule has 0 bridgehead atoms. The van der Waals surface area contributed by atoms with Crippen LogP contribution in [0.4, 0.5) is 0 Å². The maximum atomic E-state index is 6.03. The quantitative estimate of drug-likeness (QED) is 0.893. The van der Waals surface area contributed by atoms with Crippen molar-refractivity contribution in [1.29, 1.82) is 0 Å². The molecule has 2 aromatic rings. The monoisotopic (exact) mass is 347 g/mol. The van der Waals surface area contributed by atoms with Crippen LogP contribution in [0.2, 0.25) is 0 Å². The number of ether oxygens (including phenoxy) is 2. The van der Waals surface area contributed by atoms with E-state index in [1.54, 1.807) is 0 Å². The van der Waals surface area contributed by atoms with Gasteiger partial charge in [0.05, 0.1) is 0 Å². The van der Waals surface area contributed by atoms with Crippen molar-refractivity contribution in [2.24, 2.45) is 5.73 Å². The predicted molar refractivity (Wildman–Crippen MR) is 87.0 cm³/mol. The number of fused-ring (bicyclic) bond motifs is 1. The molecule has 1 heterocycles. The van der Waals surface area contributed by atoms with Crippen LogP contribution >= 0.6 is 15.9 Å². The van der Waals surface area contributed by atoms with Gasteiger partial charge in [0.1, 0.15) is 11.4 Å². The molecule has 0 radical (unpaired) electrons. The minimum atomic E-state index is -0.179. The maximum absolute atomic E-state index is 6.03. The van der Waals surface area contributed by atoms with E-state index >= 15 is 0 Å². The first-order valence-corrected chi connectivity index (χ1v) is 7.74. The summed E-state index contributed by atoms with van der Waals surface area (Å²) in [6.45, 7) is 4.65. The zero-order valence-corrected chi connectivity index (χ0v) is 13.7. The van der Waals surface area contributed by atoms with Crippen LogP contribution < -0.4 is 15.2 Å². The zero-order valence-electron chi connectivity index (χ0n) is 12.2. The molecule has 2 aromatic carbocycles. The number of hydrogen-bond acceptors (Lipinski definition) is 3. The maximum Gasteiger partial charge on any atom is 0.169 e. The molecular weight excluding hydrogens is 330 g/mol. The number of nitrogens with two attached hydrogens (primary N) is 1. The summed E-state index contributed by atoms with van der Waals surface area (Å²) in [7, 11) is 0. The molecule has 110 valence electrons. The van der Waals surface area contributed by atoms with Gasteiger partial charge in [-0.25, -0.2) is 0 Å². The molecule has 0 aromatic heterocycles. The second-order valence-electron chi connectivity index (χ2n) is 5.88. The SMILES string of the molecule is CC1(C)Cc2cccc(Oc3cc(Br)cc(CN)c3)c2O1. The van der Waals surface area contributed by atoms with Crippen LogP contribution in [-0.2, 0) is 13.0 Å². The van der Waals surface area contributed by atoms with Crippen molar-refractivity contribution in [3.8, 4) is 17.2 Å². The summed E-state index contributed by atoms with van der Waals surface area (Å²) in [5.74, 6) is 2.35. The summed E-state index contributed by atoms with van der Waals surface area (Å²) in [4.78, 5) is 0. The molecule has 3 rings (SSSR count). The van der Waals surface area contributed by atoms with E-state index in [-0.39, 0.29) is 5.60 Å². The lowest BCUT2D eigenvalue weighted by atomic mass is 10.0. The number of benzene rings is 2. The van der Waals surface area contributed by atoms with Gasteiger partial charge in [0.25, 0.3) is 0 Å². The first kappa shape index (κ1) is 14.4. The summed E-state index contributed by atoms with van der Waals surface area (Å²) in [5, 5.41) is 0. The molecule has 0 atom stereocenters. The highest BCUT2D eigenvalue weighted by Crippen LogP contribution is 2.43. The van der Waals surface area contributed by atoms with Gasteiger partial charge < -0.3 is 15.2 Å². The highest BCUT2D eigenvalue weighted by atomic mass is 79.9. The van der Waals surface area contributed by atoms with E-state index in [1.807, 2.05) is 30.3 Å². The van der Waals surface area contributed by atoms with Gasteiger partial charge in [0.15, 0.2) is 11.5 Å². The fourth-order valence-electron chi connectivity index (χ4n) is 2.59. The number of rotatable bonds is 3. The Bertz CT molecular complexity index is 682. The summed E-state index contributed by atoms with van der Waals surface area (Å²) < 4.78 is 13.0. The van der Waals surface area contributed by atoms with Gasteiger partial charge in [-0.2, -0.15) is 0 Å². The van der Waals surface area contributed by atoms with Crippen molar-refractivity contribution in [3.05, 3.63) is 52.0 Å². The Morgan fingerprint density at radius 3 is 2.86 bits per heavy atom. The molecule has 0 fully saturated rings. The smallest absolute Gasteiger partial charge is 0.169 e. The molecule has 1 aliphatic heterocycles. The molecule has 0 unspecified atom stereocenters. The molecule has 21 heavy (non-hydrogen) atoms. The zero-order chi connectivity index (χ0) is 15.0. The van der Waals surface area contributed by atoms with Crippen molar-refractivity contribution in [2.75, 3.05) is 0 Å². The van der Waals surface area contributed by atoms with Crippen LogP contribution in [0.25, 0.3) is 0 Å². The van der Waals surface area contributed by atoms with Gasteiger partial charge >= 0.3 is 0 Å². The molecular formula is C17H18BrNO2. The molecule has 2 N–H and O–H groups in total. The second kappa shape index (κ2) is 5.35. The Hall–Kier alpha value is -1.52. The first-order chi connectivity index (χ1) is 9.97. The molecule has 0 amide bonds. The highest BCUT2D eigenvalue weighted by molar-refractivity contribution is 9.10. The summed E-state index contributed by atoms with van der Waals surface area (Å²) in [6, 6.07) is 11.9. The number of halogens is 1. The molecule has 0 spiro atoms. The average Bonchev–Trinajstić information content (AvgIpc) is 2.73. The second-order valence-corrected chi connectivity index (χ2v) is 6.80. The van der Waals surface area contributed by atoms with Crippen LogP contribution in [0, 0.1) is 0 Å². The molecule has 0 aliphatic carbocycles. The lowest BCUT2D eigenvalue weighted by Gasteiger charge is -2.18. The molecule has 3 nitrogen and oxygen atoms in total. The average molecular weight is 348 g/mol. The molecule has 1 aliphatic rings. The summed E-state index contributed by atoms with van der Waals surface area (Å²) in [5.41, 5.74) is 7.73. The van der Waals surface area contributed by atoms with Gasteiger partial charge in [-0.15, -0.1) is 0 Å². The third kappa shape index (κ3) is 3.06. The molecule has 4 heteroatoms. The van der Waals surface area contributed by atoms with E-state index in [0.29, 0.717) is 6.54 Å². The van der Waals surface area contributed by atoms with Gasteiger partial charge in [-0.3, -0.25) is 0 Å². The molecule has 0 saturated carbocycles. The van der Waals surface area contributed by atoms with Crippen LogP contribution in [0.15, 0.2) is 40.9 Å². The van der Waals surface area contributed by atoms with Crippen LogP contribution in [0.3, 0.4) is 0 Å². The van der Waals surface area contributed by atoms with E-state index in [9.17, 15) is 0 Å². The van der Waals surface area contributed by atoms with Crippen molar-refractivity contribution in [2.45, 2.75) is 32.4 Å². The van der Waals surface area contributed by atoms with Crippen molar-refractivity contribution in [3.63, 3.8) is 0 Å². The van der Waals surface area contributed by atoms with E-state index in [2.05, 4.69) is 35.8 Å². The minimum absolute atomic E-state index is 0.179. The topological polar surface area (TPSA) is 44.5 Å². The summed E-state index contributed by atoms with van der Waals surface area (Å²) >= 11 is 3.48. The Morgan fingerprint density at radius 2 is 2.10 bits per heavy atom. The highest BCUT2D eigenvalue weighted by Gasteiger charge is 2.32. The molecule has 0 saturated heterocycles. The minimum Gasteiger partial charge on any atom is -0.483 e. The van der Waals surface area contributed by atoms with Gasteiger partial charge in [0, 0.05) is 23.0 Å². The first-order valence-electron chi connectivity index (χ1n) is 6.95. The van der Waals surface area contributed by atoms with Crippen molar-refractivity contribution >= 4 is 15.9 Å². The van der Waals surface area contributed by atoms with E-state index in [1.165, 1.54) is 5.56 Å². The van der Waals surface area contributed by atoms with Crippen molar-refractivity contribution in [1.82, 2.24) is 0 Å². The normalized spacial score (nSPS) is 15.4. The Labute approximate surface area is 133 Å². The van der Waals surface area contributed by atoms with Crippen LogP contribution in [0.1, 0.15) is 25.0 Å². The van der Waals surface area contributed by atoms with Crippen molar-refractivity contribution < 1.29 is 9.47 Å². The lowest BCUT2D eigenvalue weighted by Crippen LogP contribution is -2.24. The predicted octanol–water partition coefficient (Wildman–Crippen LogP) is 4.41. The lowest BCUT2D eigenvalue weighted by molar-refractivity contribution is 0.135. The Morgan fingerprint density at radius 1 is 1.29 bits per heavy atom. The Balaban J connectivity index is 1.94. The summed E-state index contributed by atoms with van der Waals surface area (Å²) in [6.07, 6.45) is 0.895. The fraction of sp³-hybridized carbons (Fsp3) is 0.294. The fourth-order valence-corrected chi connectivity index (χ4v) is 3.11. The van der Waals surface area contributed by atoms with Crippen LogP contribution in [-0.4, -0.2) is 5.60 Å². The van der Waals surface area contributed by atoms with Gasteiger partial charge in [0.2, 0.25) is 0 Å². The van der Waals surface area contributed by atoms with E-state index in [0.717, 1.165) is 33.7 Å². The van der Waals surface area contributed by atoms with E-state index in [4.69, 9.17) is 15.2 Å². The third-order valence-electron chi connectivity index (χ3n) is 3.45. The van der Waals surface area contributed by atoms with Gasteiger partial charge in [-0.1, -0.05) is 28.1 Å². The number of para-hydroxylation sites is 1. The van der Waals surface area contributed by atoms with Gasteiger partial charge in [-0.05, 0) is 43.7 Å². The third-order valence-corrected chi connectivity index (χ3v) is 3.91. The van der Waals surface area contributed by atoms with Crippen LogP contribution in [0.5, 0.6) is 17.2 Å². The standard InChI is InChI=1S/C17H18BrNO2/c1-17(2)9-12-4-3-5-15(16(12)21-17)20-14-7-11(10-19)6-13(18)8-14/h3-8H,9-10,19H2,1-2H3.